The molecule has 1 fully saturated rings. The van der Waals surface area contributed by atoms with Gasteiger partial charge < -0.3 is 48.5 Å². The maximum Gasteiger partial charge on any atom is 0.407 e. The van der Waals surface area contributed by atoms with Gasteiger partial charge in [0.05, 0.1) is 22.3 Å². The summed E-state index contributed by atoms with van der Waals surface area (Å²) in [5.41, 5.74) is -1.70. The van der Waals surface area contributed by atoms with Gasteiger partial charge in [-0.2, -0.15) is 0 Å². The molecule has 2 bridgehead atoms. The molecule has 0 aromatic heterocycles. The molecule has 1 aliphatic heterocycles. The first-order chi connectivity index (χ1) is 29.0. The molecule has 0 spiro atoms. The van der Waals surface area contributed by atoms with Crippen molar-refractivity contribution in [3.8, 4) is 0 Å². The van der Waals surface area contributed by atoms with Crippen molar-refractivity contribution in [2.75, 3.05) is 46.2 Å². The smallest absolute Gasteiger partial charge is 0.407 e. The summed E-state index contributed by atoms with van der Waals surface area (Å²) in [7, 11) is 0. The van der Waals surface area contributed by atoms with Crippen molar-refractivity contribution in [1.82, 2.24) is 10.6 Å². The lowest BCUT2D eigenvalue weighted by molar-refractivity contribution is -0.139. The number of benzene rings is 2. The molecule has 5 unspecified atom stereocenters. The number of amides is 2. The Balaban J connectivity index is 1.38. The second-order valence-corrected chi connectivity index (χ2v) is 15.1. The van der Waals surface area contributed by atoms with Gasteiger partial charge in [-0.25, -0.2) is 38.4 Å². The lowest BCUT2D eigenvalue weighted by Crippen LogP contribution is -2.51. The molecule has 4 rings (SSSR count). The summed E-state index contributed by atoms with van der Waals surface area (Å²) in [6.45, 7) is 8.47. The molecular formula is C43H50N2O16. The van der Waals surface area contributed by atoms with Crippen LogP contribution in [0.5, 0.6) is 0 Å². The summed E-state index contributed by atoms with van der Waals surface area (Å²) in [5, 5.41) is 5.60. The van der Waals surface area contributed by atoms with Gasteiger partial charge in [-0.3, -0.25) is 0 Å². The molecular weight excluding hydrogens is 800 g/mol. The van der Waals surface area contributed by atoms with Gasteiger partial charge >= 0.3 is 48.0 Å². The highest BCUT2D eigenvalue weighted by Crippen LogP contribution is 2.47. The van der Waals surface area contributed by atoms with Gasteiger partial charge in [0.1, 0.15) is 51.8 Å². The number of rotatable bonds is 10. The average molecular weight is 851 g/mol. The molecule has 1 heterocycles. The van der Waals surface area contributed by atoms with E-state index in [2.05, 4.69) is 17.2 Å². The SMILES string of the molecule is C=CC(=O)OCCOC(=O)c1ccccc1C(=O)OCC(C)OC(=O)NC1CC2(C)/C=C\C(=O)OCCOC(=O)c3ccccc3C(=O)OCC(C)OC(=O)NCC(C)(C1)C2. The van der Waals surface area contributed by atoms with E-state index in [1.807, 2.05) is 13.8 Å². The van der Waals surface area contributed by atoms with Crippen LogP contribution in [0.1, 0.15) is 88.4 Å². The third kappa shape index (κ3) is 14.8. The van der Waals surface area contributed by atoms with E-state index in [0.29, 0.717) is 19.3 Å². The molecule has 2 aromatic carbocycles. The van der Waals surface area contributed by atoms with Crippen molar-refractivity contribution in [2.45, 2.75) is 65.2 Å². The molecule has 18 nitrogen and oxygen atoms in total. The fraction of sp³-hybridized carbons (Fsp3) is 0.442. The molecule has 2 N–H and O–H groups in total. The largest absolute Gasteiger partial charge is 0.459 e. The number of hydrogen-bond acceptors (Lipinski definition) is 16. The standard InChI is InChI=1S/C43H50N2O16/c1-6-34(46)54-17-19-56-36(48)30-11-7-10-14-33(30)39(51)59-24-28(3)61-41(53)45-29-21-42(4)16-15-35(47)55-18-20-57-37(49)31-12-8-9-13-32(31)38(50)58-23-27(2)60-40(52)44-26-43(5,22-29)25-42/h6-16,27-29H,1,17-26H2,2-5H3,(H,44,52)(H,45,53)/b16-15-. The van der Waals surface area contributed by atoms with Crippen LogP contribution in [0, 0.1) is 10.8 Å². The quantitative estimate of drug-likeness (QED) is 0.143. The van der Waals surface area contributed by atoms with E-state index in [1.54, 1.807) is 18.2 Å². The van der Waals surface area contributed by atoms with E-state index < -0.39 is 77.1 Å². The number of carbonyl (C=O) groups excluding carboxylic acids is 8. The number of hydrogen-bond donors (Lipinski definition) is 2. The number of allylic oxidation sites excluding steroid dienone is 1. The fourth-order valence-corrected chi connectivity index (χ4v) is 6.98. The molecule has 1 aliphatic carbocycles. The van der Waals surface area contributed by atoms with Gasteiger partial charge in [-0.1, -0.05) is 50.8 Å². The zero-order valence-corrected chi connectivity index (χ0v) is 34.4. The summed E-state index contributed by atoms with van der Waals surface area (Å²) in [6, 6.07) is 11.1. The maximum atomic E-state index is 13.2. The minimum Gasteiger partial charge on any atom is -0.459 e. The van der Waals surface area contributed by atoms with Gasteiger partial charge in [0.2, 0.25) is 0 Å². The first-order valence-corrected chi connectivity index (χ1v) is 19.4. The second-order valence-electron chi connectivity index (χ2n) is 15.1. The number of ether oxygens (including phenoxy) is 8. The molecule has 18 heteroatoms. The third-order valence-electron chi connectivity index (χ3n) is 9.42. The summed E-state index contributed by atoms with van der Waals surface area (Å²) in [6.07, 6.45) is 1.61. The summed E-state index contributed by atoms with van der Waals surface area (Å²) < 4.78 is 41.9. The van der Waals surface area contributed by atoms with Crippen molar-refractivity contribution >= 4 is 48.0 Å². The second kappa shape index (κ2) is 22.0. The molecule has 0 saturated heterocycles. The van der Waals surface area contributed by atoms with E-state index in [4.69, 9.17) is 37.9 Å². The number of carbonyl (C=O) groups is 8. The van der Waals surface area contributed by atoms with Gasteiger partial charge in [0.15, 0.2) is 0 Å². The lowest BCUT2D eigenvalue weighted by atomic mass is 9.61. The van der Waals surface area contributed by atoms with Gasteiger partial charge in [0, 0.05) is 24.7 Å². The van der Waals surface area contributed by atoms with Crippen LogP contribution in [-0.4, -0.2) is 112 Å². The van der Waals surface area contributed by atoms with Crippen LogP contribution in [0.2, 0.25) is 0 Å². The van der Waals surface area contributed by atoms with Crippen LogP contribution >= 0.6 is 0 Å². The molecule has 2 aliphatic rings. The Morgan fingerprint density at radius 3 is 2.15 bits per heavy atom. The van der Waals surface area contributed by atoms with Gasteiger partial charge in [0.25, 0.3) is 0 Å². The predicted octanol–water partition coefficient (Wildman–Crippen LogP) is 4.65. The van der Waals surface area contributed by atoms with Crippen LogP contribution in [0.25, 0.3) is 0 Å². The van der Waals surface area contributed by atoms with Crippen molar-refractivity contribution < 1.29 is 76.3 Å². The zero-order chi connectivity index (χ0) is 44.6. The lowest BCUT2D eigenvalue weighted by Gasteiger charge is -2.47. The van der Waals surface area contributed by atoms with E-state index in [0.717, 1.165) is 6.08 Å². The number of cyclic esters (lactones) is 4. The first-order valence-electron chi connectivity index (χ1n) is 19.4. The van der Waals surface area contributed by atoms with Crippen LogP contribution < -0.4 is 10.6 Å². The predicted molar refractivity (Wildman–Crippen MR) is 212 cm³/mol. The van der Waals surface area contributed by atoms with E-state index in [1.165, 1.54) is 56.3 Å². The Bertz CT molecular complexity index is 2000. The topological polar surface area (TPSA) is 234 Å². The summed E-state index contributed by atoms with van der Waals surface area (Å²) in [4.78, 5) is 101. The number of esters is 6. The Morgan fingerprint density at radius 1 is 0.869 bits per heavy atom. The Hall–Kier alpha value is -6.72. The average Bonchev–Trinajstić information content (AvgIpc) is 3.22. The maximum absolute atomic E-state index is 13.2. The highest BCUT2D eigenvalue weighted by molar-refractivity contribution is 6.04. The van der Waals surface area contributed by atoms with Gasteiger partial charge in [-0.15, -0.1) is 0 Å². The highest BCUT2D eigenvalue weighted by Gasteiger charge is 2.43. The number of fused-ring (bicyclic) bond motifs is 3. The van der Waals surface area contributed by atoms with Crippen molar-refractivity contribution in [2.24, 2.45) is 10.8 Å². The van der Waals surface area contributed by atoms with Crippen LogP contribution in [0.4, 0.5) is 9.59 Å². The number of nitrogens with one attached hydrogen (secondary N) is 2. The molecule has 328 valence electrons. The molecule has 1 saturated carbocycles. The third-order valence-corrected chi connectivity index (χ3v) is 9.42. The van der Waals surface area contributed by atoms with Crippen molar-refractivity contribution in [3.63, 3.8) is 0 Å². The van der Waals surface area contributed by atoms with Crippen LogP contribution in [-0.2, 0) is 47.5 Å². The first kappa shape index (κ1) is 47.0. The molecule has 61 heavy (non-hydrogen) atoms. The van der Waals surface area contributed by atoms with E-state index >= 15 is 0 Å². The van der Waals surface area contributed by atoms with E-state index in [-0.39, 0.29) is 68.4 Å². The monoisotopic (exact) mass is 850 g/mol. The summed E-state index contributed by atoms with van der Waals surface area (Å²) in [5.74, 6) is -4.80. The van der Waals surface area contributed by atoms with Crippen LogP contribution in [0.15, 0.2) is 73.3 Å². The summed E-state index contributed by atoms with van der Waals surface area (Å²) >= 11 is 0. The molecule has 2 aromatic rings. The van der Waals surface area contributed by atoms with Crippen molar-refractivity contribution in [1.29, 1.82) is 0 Å². The minimum atomic E-state index is -0.936. The van der Waals surface area contributed by atoms with Crippen LogP contribution in [0.3, 0.4) is 0 Å². The zero-order valence-electron chi connectivity index (χ0n) is 34.4. The molecule has 0 radical (unpaired) electrons. The van der Waals surface area contributed by atoms with Gasteiger partial charge in [-0.05, 0) is 68.2 Å². The Labute approximate surface area is 352 Å². The Morgan fingerprint density at radius 2 is 1.48 bits per heavy atom. The normalized spacial score (nSPS) is 23.5. The van der Waals surface area contributed by atoms with E-state index in [9.17, 15) is 38.4 Å². The molecule has 5 atom stereocenters. The fourth-order valence-electron chi connectivity index (χ4n) is 6.98. The van der Waals surface area contributed by atoms with Crippen molar-refractivity contribution in [3.05, 3.63) is 95.6 Å². The highest BCUT2D eigenvalue weighted by atomic mass is 16.6. The number of alkyl carbamates (subject to hydrolysis) is 2. The molecule has 2 amide bonds. The Kier molecular flexibility index (Phi) is 17.0. The minimum absolute atomic E-state index is 0.0586.